The summed E-state index contributed by atoms with van der Waals surface area (Å²) in [6.45, 7) is 2.62. The Kier molecular flexibility index (Phi) is 12.8. The molecule has 17 heteroatoms. The van der Waals surface area contributed by atoms with Crippen molar-refractivity contribution < 1.29 is 50.9 Å². The molecule has 1 atom stereocenters. The number of nitrogens with zero attached hydrogens (tertiary/aromatic N) is 1. The van der Waals surface area contributed by atoms with Crippen LogP contribution < -0.4 is 20.1 Å². The molecule has 1 heterocycles. The number of pyridine rings is 1. The lowest BCUT2D eigenvalue weighted by molar-refractivity contribution is -0.192. The van der Waals surface area contributed by atoms with Crippen LogP contribution in [-0.2, 0) is 30.8 Å². The van der Waals surface area contributed by atoms with E-state index in [9.17, 15) is 31.2 Å². The smallest absolute Gasteiger partial charge is 0.490 e. The first-order chi connectivity index (χ1) is 20.2. The van der Waals surface area contributed by atoms with Crippen molar-refractivity contribution in [3.8, 4) is 5.75 Å². The molecule has 1 unspecified atom stereocenters. The summed E-state index contributed by atoms with van der Waals surface area (Å²) in [4.78, 5) is 35.2. The van der Waals surface area contributed by atoms with Crippen molar-refractivity contribution in [3.05, 3.63) is 60.3 Å². The summed E-state index contributed by atoms with van der Waals surface area (Å²) in [6, 6.07) is 12.4. The molecule has 3 aromatic rings. The van der Waals surface area contributed by atoms with E-state index in [1.54, 1.807) is 6.20 Å². The van der Waals surface area contributed by atoms with Crippen LogP contribution in [0.2, 0.25) is 0 Å². The van der Waals surface area contributed by atoms with Crippen molar-refractivity contribution in [2.24, 2.45) is 0 Å². The molecule has 1 aromatic heterocycles. The van der Waals surface area contributed by atoms with Gasteiger partial charge in [-0.1, -0.05) is 18.2 Å². The number of carbonyl (C=O) groups is 3. The number of aldehydes is 1. The van der Waals surface area contributed by atoms with Gasteiger partial charge in [0.25, 0.3) is 0 Å². The van der Waals surface area contributed by atoms with Crippen LogP contribution in [0, 0.1) is 0 Å². The van der Waals surface area contributed by atoms with Gasteiger partial charge in [-0.3, -0.25) is 9.78 Å². The van der Waals surface area contributed by atoms with E-state index in [0.29, 0.717) is 23.8 Å². The van der Waals surface area contributed by atoms with Crippen molar-refractivity contribution >= 4 is 62.2 Å². The number of halogens is 3. The predicted molar refractivity (Wildman–Crippen MR) is 153 cm³/mol. The highest BCUT2D eigenvalue weighted by molar-refractivity contribution is 7.89. The number of aliphatic carboxylic acids is 2. The molecule has 0 aliphatic carbocycles. The molecule has 0 saturated heterocycles. The lowest BCUT2D eigenvalue weighted by Gasteiger charge is -2.17. The van der Waals surface area contributed by atoms with E-state index in [1.165, 1.54) is 18.2 Å². The molecule has 43 heavy (non-hydrogen) atoms. The number of carbonyl (C=O) groups excluding carboxylic acids is 1. The van der Waals surface area contributed by atoms with E-state index in [0.717, 1.165) is 16.5 Å². The number of hydrogen-bond acceptors (Lipinski definition) is 8. The van der Waals surface area contributed by atoms with E-state index in [1.807, 2.05) is 37.3 Å². The van der Waals surface area contributed by atoms with Crippen molar-refractivity contribution in [2.75, 3.05) is 18.5 Å². The third kappa shape index (κ3) is 11.1. The normalized spacial score (nSPS) is 11.9. The standard InChI is InChI=1S/C24H26N4O6S2.C2HF3O2/c1-2-25-24(35)27-17-8-9-22(36(32,33)28-18(15-29)14-23(30)31)21(13-17)34-12-10-16-5-3-7-20-19(16)6-4-11-26-20;3-2(4,5)1(6)7/h3-9,11,13,15,18,28H,2,10,12,14H2,1H3,(H,30,31)(H2,25,27,35);(H,6,7). The molecule has 12 nitrogen and oxygen atoms in total. The van der Waals surface area contributed by atoms with E-state index in [-0.39, 0.29) is 23.5 Å². The first-order valence-corrected chi connectivity index (χ1v) is 14.2. The van der Waals surface area contributed by atoms with Crippen molar-refractivity contribution in [3.63, 3.8) is 0 Å². The van der Waals surface area contributed by atoms with Crippen LogP contribution in [0.4, 0.5) is 18.9 Å². The number of rotatable bonds is 12. The average molecular weight is 645 g/mol. The fraction of sp³-hybridized carbons (Fsp3) is 0.269. The van der Waals surface area contributed by atoms with Gasteiger partial charge in [0, 0.05) is 36.3 Å². The van der Waals surface area contributed by atoms with Crippen LogP contribution in [0.25, 0.3) is 10.9 Å². The lowest BCUT2D eigenvalue weighted by Crippen LogP contribution is -2.37. The fourth-order valence-electron chi connectivity index (χ4n) is 3.48. The minimum atomic E-state index is -5.08. The molecule has 3 rings (SSSR count). The summed E-state index contributed by atoms with van der Waals surface area (Å²) >= 11 is 5.20. The second kappa shape index (κ2) is 15.8. The second-order valence-electron chi connectivity index (χ2n) is 8.50. The number of carboxylic acids is 2. The van der Waals surface area contributed by atoms with E-state index in [2.05, 4.69) is 20.3 Å². The lowest BCUT2D eigenvalue weighted by atomic mass is 10.1. The van der Waals surface area contributed by atoms with Crippen LogP contribution in [-0.4, -0.2) is 72.3 Å². The number of nitrogens with one attached hydrogen (secondary N) is 3. The number of thiocarbonyl (C=S) groups is 1. The molecule has 0 fully saturated rings. The van der Waals surface area contributed by atoms with Gasteiger partial charge in [-0.15, -0.1) is 0 Å². The Morgan fingerprint density at radius 2 is 1.84 bits per heavy atom. The van der Waals surface area contributed by atoms with Crippen LogP contribution in [0.5, 0.6) is 5.75 Å². The number of hydrogen-bond donors (Lipinski definition) is 5. The number of ether oxygens (including phenoxy) is 1. The molecule has 232 valence electrons. The fourth-order valence-corrected chi connectivity index (χ4v) is 5.04. The highest BCUT2D eigenvalue weighted by atomic mass is 32.2. The SMILES string of the molecule is CCNC(=S)Nc1ccc(S(=O)(=O)NC(C=O)CC(=O)O)c(OCCc2cccc3ncccc23)c1.O=C(O)C(F)(F)F. The maximum absolute atomic E-state index is 13.0. The number of alkyl halides is 3. The van der Waals surface area contributed by atoms with Gasteiger partial charge in [0.15, 0.2) is 5.11 Å². The highest BCUT2D eigenvalue weighted by Gasteiger charge is 2.38. The third-order valence-electron chi connectivity index (χ3n) is 5.30. The summed E-state index contributed by atoms with van der Waals surface area (Å²) in [5.41, 5.74) is 2.30. The molecule has 0 saturated carbocycles. The molecule has 0 aliphatic heterocycles. The molecule has 5 N–H and O–H groups in total. The third-order valence-corrected chi connectivity index (χ3v) is 7.08. The first-order valence-electron chi connectivity index (χ1n) is 12.3. The Labute approximate surface area is 249 Å². The number of anilines is 1. The van der Waals surface area contributed by atoms with Gasteiger partial charge < -0.3 is 30.4 Å². The monoisotopic (exact) mass is 644 g/mol. The van der Waals surface area contributed by atoms with E-state index < -0.39 is 40.6 Å². The quantitative estimate of drug-likeness (QED) is 0.144. The molecular formula is C26H27F3N4O8S2. The van der Waals surface area contributed by atoms with Gasteiger partial charge in [0.05, 0.1) is 24.6 Å². The Bertz CT molecular complexity index is 1560. The summed E-state index contributed by atoms with van der Waals surface area (Å²) in [5.74, 6) is -4.05. The molecule has 2 aromatic carbocycles. The molecular weight excluding hydrogens is 617 g/mol. The summed E-state index contributed by atoms with van der Waals surface area (Å²) < 4.78 is 65.8. The van der Waals surface area contributed by atoms with E-state index >= 15 is 0 Å². The van der Waals surface area contributed by atoms with Crippen LogP contribution in [0.3, 0.4) is 0 Å². The summed E-state index contributed by atoms with van der Waals surface area (Å²) in [5, 5.41) is 23.3. The number of fused-ring (bicyclic) bond motifs is 1. The molecule has 0 amide bonds. The second-order valence-corrected chi connectivity index (χ2v) is 10.6. The first kappa shape index (κ1) is 34.8. The zero-order valence-electron chi connectivity index (χ0n) is 22.4. The Balaban J connectivity index is 0.000000821. The topological polar surface area (TPSA) is 184 Å². The zero-order valence-corrected chi connectivity index (χ0v) is 24.1. The number of sulfonamides is 1. The zero-order chi connectivity index (χ0) is 32.2. The maximum Gasteiger partial charge on any atom is 0.490 e. The molecule has 0 bridgehead atoms. The van der Waals surface area contributed by atoms with Crippen LogP contribution >= 0.6 is 12.2 Å². The number of carboxylic acid groups (broad SMARTS) is 2. The molecule has 0 aliphatic rings. The van der Waals surface area contributed by atoms with Crippen LogP contribution in [0.1, 0.15) is 18.9 Å². The van der Waals surface area contributed by atoms with Gasteiger partial charge in [-0.25, -0.2) is 17.9 Å². The Morgan fingerprint density at radius 3 is 2.44 bits per heavy atom. The summed E-state index contributed by atoms with van der Waals surface area (Å²) in [7, 11) is -4.29. The van der Waals surface area contributed by atoms with Gasteiger partial charge in [0.2, 0.25) is 10.0 Å². The van der Waals surface area contributed by atoms with Gasteiger partial charge in [0.1, 0.15) is 16.9 Å². The van der Waals surface area contributed by atoms with E-state index in [4.69, 9.17) is 32.0 Å². The number of benzene rings is 2. The van der Waals surface area contributed by atoms with Crippen LogP contribution in [0.15, 0.2) is 59.6 Å². The minimum absolute atomic E-state index is 0.0186. The van der Waals surface area contributed by atoms with Gasteiger partial charge in [-0.05, 0) is 49.0 Å². The van der Waals surface area contributed by atoms with Gasteiger partial charge in [-0.2, -0.15) is 13.2 Å². The van der Waals surface area contributed by atoms with Gasteiger partial charge >= 0.3 is 18.1 Å². The molecule has 0 spiro atoms. The Morgan fingerprint density at radius 1 is 1.14 bits per heavy atom. The van der Waals surface area contributed by atoms with Crippen molar-refractivity contribution in [1.82, 2.24) is 15.0 Å². The predicted octanol–water partition coefficient (Wildman–Crippen LogP) is 3.12. The van der Waals surface area contributed by atoms with Crippen molar-refractivity contribution in [2.45, 2.75) is 36.9 Å². The largest absolute Gasteiger partial charge is 0.492 e. The molecule has 0 radical (unpaired) electrons. The highest BCUT2D eigenvalue weighted by Crippen LogP contribution is 2.28. The Hall–Kier alpha value is -4.35. The van der Waals surface area contributed by atoms with Crippen molar-refractivity contribution in [1.29, 1.82) is 0 Å². The average Bonchev–Trinajstić information content (AvgIpc) is 2.92. The minimum Gasteiger partial charge on any atom is -0.492 e. The maximum atomic E-state index is 13.0. The number of aromatic nitrogens is 1. The summed E-state index contributed by atoms with van der Waals surface area (Å²) in [6.07, 6.45) is -3.35.